The number of anilines is 1. The molecule has 4 aliphatic rings. The summed E-state index contributed by atoms with van der Waals surface area (Å²) in [6.45, 7) is 0.271. The van der Waals surface area contributed by atoms with E-state index in [1.165, 1.54) is 6.42 Å². The highest BCUT2D eigenvalue weighted by atomic mass is 16.5. The van der Waals surface area contributed by atoms with E-state index in [0.717, 1.165) is 31.2 Å². The fraction of sp³-hybridized carbons (Fsp3) is 0.433. The Morgan fingerprint density at radius 2 is 1.84 bits per heavy atom. The van der Waals surface area contributed by atoms with Crippen LogP contribution in [0.4, 0.5) is 5.69 Å². The maximum atomic E-state index is 14.1. The Morgan fingerprint density at radius 1 is 1.05 bits per heavy atom. The van der Waals surface area contributed by atoms with Gasteiger partial charge in [-0.3, -0.25) is 14.4 Å². The molecule has 198 valence electrons. The molecule has 6 rings (SSSR count). The summed E-state index contributed by atoms with van der Waals surface area (Å²) in [5.74, 6) is -1.65. The Balaban J connectivity index is 1.31. The van der Waals surface area contributed by atoms with Crippen LogP contribution in [0, 0.1) is 11.8 Å². The summed E-state index contributed by atoms with van der Waals surface area (Å²) in [5.41, 5.74) is 0.322. The van der Waals surface area contributed by atoms with Crippen LogP contribution in [-0.2, 0) is 25.7 Å². The number of ether oxygens (including phenoxy) is 2. The third kappa shape index (κ3) is 4.17. The van der Waals surface area contributed by atoms with Crippen molar-refractivity contribution < 1.29 is 23.9 Å². The number of carbonyl (C=O) groups excluding carboxylic acids is 3. The van der Waals surface area contributed by atoms with Crippen molar-refractivity contribution in [2.75, 3.05) is 12.4 Å². The van der Waals surface area contributed by atoms with Crippen molar-refractivity contribution in [2.45, 2.75) is 62.4 Å². The topological polar surface area (TPSA) is 97.0 Å². The monoisotopic (exact) mass is 515 g/mol. The van der Waals surface area contributed by atoms with Crippen LogP contribution in [0.15, 0.2) is 66.7 Å². The molecule has 8 heteroatoms. The standard InChI is InChI=1S/C30H33N3O5/c1-37-22-14-8-13-21(17-22)32-27(34)24-23-15-16-30(38-23)25(24)29(36)33(18-19-9-4-2-5-10-19)26(30)28(35)31-20-11-6-3-7-12-20/h2,4-5,8-10,13-17,20,23-26H,3,6-7,11-12,18H2,1H3,(H,31,35)(H,32,34). The molecule has 1 aliphatic carbocycles. The van der Waals surface area contributed by atoms with Gasteiger partial charge in [0.15, 0.2) is 0 Å². The molecule has 5 atom stereocenters. The van der Waals surface area contributed by atoms with Gasteiger partial charge in [0.1, 0.15) is 17.4 Å². The maximum Gasteiger partial charge on any atom is 0.246 e. The van der Waals surface area contributed by atoms with E-state index in [-0.39, 0.29) is 30.3 Å². The summed E-state index contributed by atoms with van der Waals surface area (Å²) >= 11 is 0. The predicted molar refractivity (Wildman–Crippen MR) is 141 cm³/mol. The summed E-state index contributed by atoms with van der Waals surface area (Å²) < 4.78 is 11.7. The molecule has 2 bridgehead atoms. The smallest absolute Gasteiger partial charge is 0.246 e. The van der Waals surface area contributed by atoms with Crippen LogP contribution in [-0.4, -0.2) is 53.5 Å². The zero-order valence-corrected chi connectivity index (χ0v) is 21.5. The largest absolute Gasteiger partial charge is 0.497 e. The number of carbonyl (C=O) groups is 3. The van der Waals surface area contributed by atoms with Crippen molar-refractivity contribution in [3.8, 4) is 5.75 Å². The highest BCUT2D eigenvalue weighted by Crippen LogP contribution is 2.55. The molecule has 2 aromatic carbocycles. The molecule has 2 saturated heterocycles. The lowest BCUT2D eigenvalue weighted by molar-refractivity contribution is -0.142. The molecule has 1 saturated carbocycles. The lowest BCUT2D eigenvalue weighted by atomic mass is 9.74. The third-order valence-electron chi connectivity index (χ3n) is 8.41. The second-order valence-electron chi connectivity index (χ2n) is 10.7. The molecule has 2 N–H and O–H groups in total. The van der Waals surface area contributed by atoms with Crippen molar-refractivity contribution in [2.24, 2.45) is 11.8 Å². The summed E-state index contributed by atoms with van der Waals surface area (Å²) in [6, 6.07) is 16.0. The first-order valence-electron chi connectivity index (χ1n) is 13.5. The molecule has 3 fully saturated rings. The van der Waals surface area contributed by atoms with Crippen LogP contribution in [0.5, 0.6) is 5.75 Å². The van der Waals surface area contributed by atoms with E-state index in [0.29, 0.717) is 11.4 Å². The van der Waals surface area contributed by atoms with Gasteiger partial charge < -0.3 is 25.0 Å². The molecular formula is C30H33N3O5. The Hall–Kier alpha value is -3.65. The first-order valence-corrected chi connectivity index (χ1v) is 13.5. The number of amides is 3. The number of hydrogen-bond donors (Lipinski definition) is 2. The van der Waals surface area contributed by atoms with Gasteiger partial charge in [0, 0.05) is 24.3 Å². The fourth-order valence-electron chi connectivity index (χ4n) is 6.67. The molecular weight excluding hydrogens is 482 g/mol. The van der Waals surface area contributed by atoms with E-state index >= 15 is 0 Å². The van der Waals surface area contributed by atoms with Gasteiger partial charge in [-0.1, -0.05) is 67.8 Å². The van der Waals surface area contributed by atoms with Crippen LogP contribution < -0.4 is 15.4 Å². The van der Waals surface area contributed by atoms with Crippen LogP contribution in [0.1, 0.15) is 37.7 Å². The molecule has 3 heterocycles. The number of rotatable bonds is 7. The van der Waals surface area contributed by atoms with Crippen molar-refractivity contribution in [3.63, 3.8) is 0 Å². The lowest BCUT2D eigenvalue weighted by Crippen LogP contribution is -2.56. The number of likely N-dealkylation sites (tertiary alicyclic amines) is 1. The lowest BCUT2D eigenvalue weighted by Gasteiger charge is -2.34. The minimum absolute atomic E-state index is 0.0927. The van der Waals surface area contributed by atoms with Gasteiger partial charge in [-0.05, 0) is 30.5 Å². The van der Waals surface area contributed by atoms with E-state index in [4.69, 9.17) is 9.47 Å². The number of benzene rings is 2. The molecule has 38 heavy (non-hydrogen) atoms. The molecule has 5 unspecified atom stereocenters. The minimum atomic E-state index is -1.17. The molecule has 3 amide bonds. The van der Waals surface area contributed by atoms with Crippen LogP contribution in [0.25, 0.3) is 0 Å². The molecule has 0 radical (unpaired) electrons. The van der Waals surface area contributed by atoms with Gasteiger partial charge in [0.05, 0.1) is 25.0 Å². The van der Waals surface area contributed by atoms with Crippen molar-refractivity contribution in [3.05, 3.63) is 72.3 Å². The Morgan fingerprint density at radius 3 is 2.61 bits per heavy atom. The van der Waals surface area contributed by atoms with E-state index < -0.39 is 29.6 Å². The van der Waals surface area contributed by atoms with Gasteiger partial charge in [-0.25, -0.2) is 0 Å². The molecule has 0 aromatic heterocycles. The Kier molecular flexibility index (Phi) is 6.43. The van der Waals surface area contributed by atoms with Crippen molar-refractivity contribution in [1.29, 1.82) is 0 Å². The summed E-state index contributed by atoms with van der Waals surface area (Å²) in [7, 11) is 1.57. The number of nitrogens with one attached hydrogen (secondary N) is 2. The maximum absolute atomic E-state index is 14.1. The van der Waals surface area contributed by atoms with Gasteiger partial charge in [-0.15, -0.1) is 0 Å². The predicted octanol–water partition coefficient (Wildman–Crippen LogP) is 3.43. The van der Waals surface area contributed by atoms with Gasteiger partial charge in [0.25, 0.3) is 0 Å². The molecule has 2 aromatic rings. The summed E-state index contributed by atoms with van der Waals surface area (Å²) in [5, 5.41) is 6.17. The minimum Gasteiger partial charge on any atom is -0.497 e. The zero-order valence-electron chi connectivity index (χ0n) is 21.5. The SMILES string of the molecule is COc1cccc(NC(=O)C2C3C=CC4(O3)C2C(=O)N(Cc2ccccc2)C4C(=O)NC2CCCCC2)c1. The van der Waals surface area contributed by atoms with Gasteiger partial charge in [0.2, 0.25) is 17.7 Å². The number of nitrogens with zero attached hydrogens (tertiary/aromatic N) is 1. The quantitative estimate of drug-likeness (QED) is 0.551. The fourth-order valence-corrected chi connectivity index (χ4v) is 6.67. The highest BCUT2D eigenvalue weighted by Gasteiger charge is 2.72. The first kappa shape index (κ1) is 24.7. The van der Waals surface area contributed by atoms with Gasteiger partial charge >= 0.3 is 0 Å². The third-order valence-corrected chi connectivity index (χ3v) is 8.41. The van der Waals surface area contributed by atoms with Crippen LogP contribution in [0.2, 0.25) is 0 Å². The van der Waals surface area contributed by atoms with E-state index in [1.54, 1.807) is 36.3 Å². The number of methoxy groups -OCH3 is 1. The normalized spacial score (nSPS) is 29.8. The van der Waals surface area contributed by atoms with E-state index in [9.17, 15) is 14.4 Å². The van der Waals surface area contributed by atoms with Crippen LogP contribution >= 0.6 is 0 Å². The summed E-state index contributed by atoms with van der Waals surface area (Å²) in [4.78, 5) is 43.2. The molecule has 8 nitrogen and oxygen atoms in total. The van der Waals surface area contributed by atoms with Crippen molar-refractivity contribution in [1.82, 2.24) is 10.2 Å². The van der Waals surface area contributed by atoms with Crippen molar-refractivity contribution >= 4 is 23.4 Å². The average molecular weight is 516 g/mol. The number of hydrogen-bond acceptors (Lipinski definition) is 5. The molecule has 1 spiro atoms. The second-order valence-corrected chi connectivity index (χ2v) is 10.7. The first-order chi connectivity index (χ1) is 18.5. The average Bonchev–Trinajstić information content (AvgIpc) is 3.57. The van der Waals surface area contributed by atoms with E-state index in [1.807, 2.05) is 42.5 Å². The van der Waals surface area contributed by atoms with Crippen LogP contribution in [0.3, 0.4) is 0 Å². The Labute approximate surface area is 222 Å². The second kappa shape index (κ2) is 9.91. The molecule has 3 aliphatic heterocycles. The van der Waals surface area contributed by atoms with Gasteiger partial charge in [-0.2, -0.15) is 0 Å². The summed E-state index contributed by atoms with van der Waals surface area (Å²) in [6.07, 6.45) is 8.34. The Bertz CT molecular complexity index is 1260. The zero-order chi connectivity index (χ0) is 26.3. The van der Waals surface area contributed by atoms with E-state index in [2.05, 4.69) is 10.6 Å². The number of fused-ring (bicyclic) bond motifs is 1. The highest BCUT2D eigenvalue weighted by molar-refractivity contribution is 6.02.